The van der Waals surface area contributed by atoms with Crippen molar-refractivity contribution in [1.29, 1.82) is 0 Å². The fourth-order valence-corrected chi connectivity index (χ4v) is 5.72. The van der Waals surface area contributed by atoms with Gasteiger partial charge in [0.1, 0.15) is 6.04 Å². The van der Waals surface area contributed by atoms with E-state index in [1.54, 1.807) is 60.7 Å². The summed E-state index contributed by atoms with van der Waals surface area (Å²) in [7, 11) is -4.51. The molecule has 0 aliphatic heterocycles. The number of carbonyl (C=O) groups excluding carboxylic acids is 1. The van der Waals surface area contributed by atoms with Crippen LogP contribution in [0.15, 0.2) is 94.3 Å². The zero-order valence-electron chi connectivity index (χ0n) is 19.0. The largest absolute Gasteiger partial charge is 0.480 e. The highest BCUT2D eigenvalue weighted by molar-refractivity contribution is 9.10. The van der Waals surface area contributed by atoms with Gasteiger partial charge in [0.15, 0.2) is 0 Å². The van der Waals surface area contributed by atoms with Gasteiger partial charge in [-0.2, -0.15) is 0 Å². The van der Waals surface area contributed by atoms with Crippen LogP contribution in [-0.4, -0.2) is 42.3 Å². The number of amides is 1. The Balaban J connectivity index is 2.19. The van der Waals surface area contributed by atoms with E-state index in [2.05, 4.69) is 15.9 Å². The minimum Gasteiger partial charge on any atom is -0.480 e. The summed E-state index contributed by atoms with van der Waals surface area (Å²) in [5.41, 5.74) is 6.69. The molecule has 3 rings (SSSR count). The summed E-state index contributed by atoms with van der Waals surface area (Å²) in [6.45, 7) is 0.330. The Morgan fingerprint density at radius 3 is 1.83 bits per heavy atom. The number of carbonyl (C=O) groups is 2. The normalized spacial score (nSPS) is 12.3. The second-order valence-corrected chi connectivity index (χ2v) is 10.7. The maximum absolute atomic E-state index is 14.2. The highest BCUT2D eigenvalue weighted by Gasteiger charge is 2.43. The van der Waals surface area contributed by atoms with Crippen LogP contribution < -0.4 is 5.73 Å². The van der Waals surface area contributed by atoms with E-state index in [-0.39, 0.29) is 11.3 Å². The zero-order chi connectivity index (χ0) is 25.4. The van der Waals surface area contributed by atoms with E-state index in [0.29, 0.717) is 39.3 Å². The lowest BCUT2D eigenvalue weighted by atomic mass is 9.90. The summed E-state index contributed by atoms with van der Waals surface area (Å²) >= 11 is 3.28. The molecule has 184 valence electrons. The molecule has 3 aromatic carbocycles. The number of hydrogen-bond donors (Lipinski definition) is 2. The van der Waals surface area contributed by atoms with E-state index in [9.17, 15) is 23.1 Å². The summed E-state index contributed by atoms with van der Waals surface area (Å²) in [5.74, 6) is -3.24. The number of benzene rings is 3. The van der Waals surface area contributed by atoms with Crippen molar-refractivity contribution >= 4 is 37.8 Å². The predicted octanol–water partition coefficient (Wildman–Crippen LogP) is 4.38. The molecule has 0 saturated heterocycles. The van der Waals surface area contributed by atoms with E-state index in [4.69, 9.17) is 5.73 Å². The van der Waals surface area contributed by atoms with Gasteiger partial charge in [0.2, 0.25) is 5.91 Å². The summed E-state index contributed by atoms with van der Waals surface area (Å²) in [6, 6.07) is 21.7. The molecule has 35 heavy (non-hydrogen) atoms. The van der Waals surface area contributed by atoms with Crippen molar-refractivity contribution in [2.45, 2.75) is 36.1 Å². The third kappa shape index (κ3) is 6.36. The molecule has 0 radical (unpaired) electrons. The third-order valence-corrected chi connectivity index (χ3v) is 7.95. The molecule has 1 amide bonds. The van der Waals surface area contributed by atoms with Crippen LogP contribution in [0.1, 0.15) is 36.3 Å². The fraction of sp³-hybridized carbons (Fsp3) is 0.231. The van der Waals surface area contributed by atoms with Gasteiger partial charge in [-0.25, -0.2) is 17.5 Å². The molecule has 0 unspecified atom stereocenters. The van der Waals surface area contributed by atoms with Gasteiger partial charge in [-0.3, -0.25) is 4.79 Å². The minimum atomic E-state index is -4.51. The standard InChI is InChI=1S/C26H27BrN2O5S/c27-21-14-16-22(17-15-21)35(33,34)29(23(26(31)32)13-7-8-18-28)25(30)24(19-9-3-1-4-10-19)20-11-5-2-6-12-20/h1-6,9-12,14-17,23-24H,7-8,13,18,28H2,(H,31,32)/t23-/m0/s1. The molecular formula is C26H27BrN2O5S. The van der Waals surface area contributed by atoms with Crippen molar-refractivity contribution in [1.82, 2.24) is 4.31 Å². The molecule has 0 spiro atoms. The first-order valence-electron chi connectivity index (χ1n) is 11.1. The van der Waals surface area contributed by atoms with Crippen molar-refractivity contribution in [2.24, 2.45) is 5.73 Å². The van der Waals surface area contributed by atoms with E-state index in [1.807, 2.05) is 0 Å². The number of aliphatic carboxylic acids is 1. The first kappa shape index (κ1) is 26.6. The quantitative estimate of drug-likeness (QED) is 0.337. The summed E-state index contributed by atoms with van der Waals surface area (Å²) < 4.78 is 28.9. The second kappa shape index (κ2) is 12.1. The van der Waals surface area contributed by atoms with Gasteiger partial charge in [0.25, 0.3) is 10.0 Å². The van der Waals surface area contributed by atoms with Gasteiger partial charge in [-0.15, -0.1) is 0 Å². The van der Waals surface area contributed by atoms with Gasteiger partial charge < -0.3 is 10.8 Å². The van der Waals surface area contributed by atoms with Crippen molar-refractivity contribution in [2.75, 3.05) is 6.54 Å². The number of rotatable bonds is 11. The first-order chi connectivity index (χ1) is 16.8. The Kier molecular flexibility index (Phi) is 9.20. The molecule has 0 aliphatic carbocycles. The molecule has 9 heteroatoms. The molecule has 0 fully saturated rings. The number of nitrogens with two attached hydrogens (primary N) is 1. The van der Waals surface area contributed by atoms with Gasteiger partial charge >= 0.3 is 5.97 Å². The molecule has 0 aliphatic rings. The molecule has 3 N–H and O–H groups in total. The smallest absolute Gasteiger partial charge is 0.327 e. The molecule has 3 aromatic rings. The van der Waals surface area contributed by atoms with Crippen LogP contribution in [0, 0.1) is 0 Å². The van der Waals surface area contributed by atoms with E-state index < -0.39 is 33.9 Å². The number of halogens is 1. The average Bonchev–Trinajstić information content (AvgIpc) is 2.85. The highest BCUT2D eigenvalue weighted by atomic mass is 79.9. The number of unbranched alkanes of at least 4 members (excludes halogenated alkanes) is 1. The SMILES string of the molecule is NCCCC[C@@H](C(=O)O)N(C(=O)C(c1ccccc1)c1ccccc1)S(=O)(=O)c1ccc(Br)cc1. The van der Waals surface area contributed by atoms with Gasteiger partial charge in [0.05, 0.1) is 10.8 Å². The van der Waals surface area contributed by atoms with Crippen molar-refractivity contribution in [3.63, 3.8) is 0 Å². The van der Waals surface area contributed by atoms with E-state index in [1.165, 1.54) is 24.3 Å². The maximum Gasteiger partial charge on any atom is 0.327 e. The lowest BCUT2D eigenvalue weighted by Crippen LogP contribution is -2.50. The molecule has 0 saturated carbocycles. The number of nitrogens with zero attached hydrogens (tertiary/aromatic N) is 1. The number of hydrogen-bond acceptors (Lipinski definition) is 5. The minimum absolute atomic E-state index is 0.0513. The predicted molar refractivity (Wildman–Crippen MR) is 137 cm³/mol. The third-order valence-electron chi connectivity index (χ3n) is 5.60. The topological polar surface area (TPSA) is 118 Å². The van der Waals surface area contributed by atoms with Crippen molar-refractivity contribution < 1.29 is 23.1 Å². The van der Waals surface area contributed by atoms with Crippen LogP contribution in [0.3, 0.4) is 0 Å². The van der Waals surface area contributed by atoms with Gasteiger partial charge in [-0.1, -0.05) is 76.6 Å². The van der Waals surface area contributed by atoms with E-state index >= 15 is 0 Å². The molecular weight excluding hydrogens is 532 g/mol. The average molecular weight is 559 g/mol. The molecule has 0 bridgehead atoms. The monoisotopic (exact) mass is 558 g/mol. The highest BCUT2D eigenvalue weighted by Crippen LogP contribution is 2.32. The lowest BCUT2D eigenvalue weighted by Gasteiger charge is -2.32. The molecule has 0 aromatic heterocycles. The number of sulfonamides is 1. The van der Waals surface area contributed by atoms with E-state index in [0.717, 1.165) is 0 Å². The van der Waals surface area contributed by atoms with Gasteiger partial charge in [-0.05, 0) is 61.2 Å². The number of carboxylic acids is 1. The molecule has 1 atom stereocenters. The first-order valence-corrected chi connectivity index (χ1v) is 13.4. The molecule has 7 nitrogen and oxygen atoms in total. The Hall–Kier alpha value is -3.01. The summed E-state index contributed by atoms with van der Waals surface area (Å²) in [6.07, 6.45) is 0.809. The van der Waals surface area contributed by atoms with Crippen LogP contribution >= 0.6 is 15.9 Å². The van der Waals surface area contributed by atoms with Gasteiger partial charge in [0, 0.05) is 4.47 Å². The van der Waals surface area contributed by atoms with Crippen molar-refractivity contribution in [3.05, 3.63) is 101 Å². The Bertz CT molecular complexity index is 1200. The Morgan fingerprint density at radius 1 is 0.857 bits per heavy atom. The van der Waals surface area contributed by atoms with Crippen LogP contribution in [0.5, 0.6) is 0 Å². The van der Waals surface area contributed by atoms with Crippen LogP contribution in [-0.2, 0) is 19.6 Å². The lowest BCUT2D eigenvalue weighted by molar-refractivity contribution is -0.146. The Labute approximate surface area is 213 Å². The zero-order valence-corrected chi connectivity index (χ0v) is 21.4. The van der Waals surface area contributed by atoms with Crippen LogP contribution in [0.4, 0.5) is 0 Å². The molecule has 0 heterocycles. The second-order valence-electron chi connectivity index (χ2n) is 7.99. The summed E-state index contributed by atoms with van der Waals surface area (Å²) in [5, 5.41) is 10.1. The fourth-order valence-electron chi connectivity index (χ4n) is 3.88. The van der Waals surface area contributed by atoms with Crippen LogP contribution in [0.2, 0.25) is 0 Å². The summed E-state index contributed by atoms with van der Waals surface area (Å²) in [4.78, 5) is 26.4. The van der Waals surface area contributed by atoms with Crippen molar-refractivity contribution in [3.8, 4) is 0 Å². The maximum atomic E-state index is 14.2. The van der Waals surface area contributed by atoms with Crippen LogP contribution in [0.25, 0.3) is 0 Å². The number of carboxylic acid groups (broad SMARTS) is 1. The Morgan fingerprint density at radius 2 is 1.37 bits per heavy atom.